The lowest BCUT2D eigenvalue weighted by molar-refractivity contribution is -0.139. The fraction of sp³-hybridized carbons (Fsp3) is 0.333. The van der Waals surface area contributed by atoms with E-state index in [0.29, 0.717) is 25.8 Å². The van der Waals surface area contributed by atoms with Gasteiger partial charge in [0.25, 0.3) is 0 Å². The van der Waals surface area contributed by atoms with Crippen LogP contribution in [0.2, 0.25) is 0 Å². The van der Waals surface area contributed by atoms with Crippen LogP contribution in [0.15, 0.2) is 54.6 Å². The molecular formula is C21H23FN2O2. The summed E-state index contributed by atoms with van der Waals surface area (Å²) in [6.07, 6.45) is 2.51. The van der Waals surface area contributed by atoms with Gasteiger partial charge in [-0.15, -0.1) is 0 Å². The standard InChI is InChI=1S/C21H23FN2O2/c22-18-11-9-16(10-12-18)7-4-8-21(26)24-14-19(23-20(25)15-24)13-17-5-2-1-3-6-17/h1-3,5-6,9-12,19H,4,7-8,13-15H2,(H,23,25)/t19-/m0/s1. The molecule has 0 aliphatic carbocycles. The number of nitrogens with zero attached hydrogens (tertiary/aromatic N) is 1. The molecule has 0 saturated carbocycles. The lowest BCUT2D eigenvalue weighted by Crippen LogP contribution is -2.56. The molecule has 0 radical (unpaired) electrons. The van der Waals surface area contributed by atoms with Crippen molar-refractivity contribution < 1.29 is 14.0 Å². The van der Waals surface area contributed by atoms with Gasteiger partial charge in [0.15, 0.2) is 0 Å². The first-order valence-electron chi connectivity index (χ1n) is 8.95. The van der Waals surface area contributed by atoms with Crippen molar-refractivity contribution in [2.45, 2.75) is 31.7 Å². The molecule has 1 aliphatic rings. The van der Waals surface area contributed by atoms with Crippen LogP contribution in [-0.2, 0) is 22.4 Å². The zero-order valence-electron chi connectivity index (χ0n) is 14.7. The summed E-state index contributed by atoms with van der Waals surface area (Å²) in [5.41, 5.74) is 2.15. The summed E-state index contributed by atoms with van der Waals surface area (Å²) in [5, 5.41) is 2.97. The Kier molecular flexibility index (Phi) is 6.00. The Labute approximate surface area is 153 Å². The molecule has 5 heteroatoms. The second-order valence-corrected chi connectivity index (χ2v) is 6.71. The summed E-state index contributed by atoms with van der Waals surface area (Å²) in [4.78, 5) is 26.1. The molecule has 3 rings (SSSR count). The van der Waals surface area contributed by atoms with E-state index in [1.54, 1.807) is 17.0 Å². The van der Waals surface area contributed by atoms with Gasteiger partial charge in [0, 0.05) is 13.0 Å². The van der Waals surface area contributed by atoms with Gasteiger partial charge in [-0.3, -0.25) is 9.59 Å². The zero-order chi connectivity index (χ0) is 18.4. The molecular weight excluding hydrogens is 331 g/mol. The van der Waals surface area contributed by atoms with Crippen LogP contribution in [0.5, 0.6) is 0 Å². The Morgan fingerprint density at radius 2 is 1.81 bits per heavy atom. The number of carbonyl (C=O) groups excluding carboxylic acids is 2. The first-order chi connectivity index (χ1) is 12.6. The van der Waals surface area contributed by atoms with E-state index in [1.807, 2.05) is 30.3 Å². The average Bonchev–Trinajstić information content (AvgIpc) is 2.63. The van der Waals surface area contributed by atoms with E-state index < -0.39 is 0 Å². The van der Waals surface area contributed by atoms with Crippen molar-refractivity contribution in [1.29, 1.82) is 0 Å². The van der Waals surface area contributed by atoms with Crippen LogP contribution < -0.4 is 5.32 Å². The smallest absolute Gasteiger partial charge is 0.239 e. The minimum atomic E-state index is -0.256. The Morgan fingerprint density at radius 1 is 1.08 bits per heavy atom. The summed E-state index contributed by atoms with van der Waals surface area (Å²) in [7, 11) is 0. The van der Waals surface area contributed by atoms with E-state index >= 15 is 0 Å². The summed E-state index contributed by atoms with van der Waals surface area (Å²) in [6, 6.07) is 16.2. The van der Waals surface area contributed by atoms with Gasteiger partial charge >= 0.3 is 0 Å². The number of piperazine rings is 1. The minimum Gasteiger partial charge on any atom is -0.350 e. The van der Waals surface area contributed by atoms with Crippen molar-refractivity contribution in [3.63, 3.8) is 0 Å². The third kappa shape index (κ3) is 5.15. The number of rotatable bonds is 6. The van der Waals surface area contributed by atoms with Crippen molar-refractivity contribution in [1.82, 2.24) is 10.2 Å². The Balaban J connectivity index is 1.49. The van der Waals surface area contributed by atoms with Gasteiger partial charge in [-0.05, 0) is 42.5 Å². The highest BCUT2D eigenvalue weighted by molar-refractivity contribution is 5.86. The summed E-state index contributed by atoms with van der Waals surface area (Å²) in [5.74, 6) is -0.363. The number of amides is 2. The largest absolute Gasteiger partial charge is 0.350 e. The number of halogens is 1. The third-order valence-electron chi connectivity index (χ3n) is 4.59. The van der Waals surface area contributed by atoms with E-state index in [1.165, 1.54) is 12.1 Å². The number of hydrogen-bond donors (Lipinski definition) is 1. The maximum absolute atomic E-state index is 12.9. The Bertz CT molecular complexity index is 746. The predicted molar refractivity (Wildman–Crippen MR) is 98.0 cm³/mol. The van der Waals surface area contributed by atoms with Gasteiger partial charge in [0.1, 0.15) is 5.82 Å². The molecule has 2 aromatic rings. The first-order valence-corrected chi connectivity index (χ1v) is 8.95. The Hall–Kier alpha value is -2.69. The molecule has 0 spiro atoms. The number of hydrogen-bond acceptors (Lipinski definition) is 2. The molecule has 26 heavy (non-hydrogen) atoms. The van der Waals surface area contributed by atoms with E-state index in [9.17, 15) is 14.0 Å². The number of carbonyl (C=O) groups is 2. The highest BCUT2D eigenvalue weighted by atomic mass is 19.1. The predicted octanol–water partition coefficient (Wildman–Crippen LogP) is 2.72. The van der Waals surface area contributed by atoms with Crippen LogP contribution in [0.4, 0.5) is 4.39 Å². The van der Waals surface area contributed by atoms with Gasteiger partial charge < -0.3 is 10.2 Å². The highest BCUT2D eigenvalue weighted by Gasteiger charge is 2.27. The lowest BCUT2D eigenvalue weighted by atomic mass is 10.0. The summed E-state index contributed by atoms with van der Waals surface area (Å²) in [6.45, 7) is 0.663. The van der Waals surface area contributed by atoms with Crippen LogP contribution in [0.1, 0.15) is 24.0 Å². The van der Waals surface area contributed by atoms with Crippen molar-refractivity contribution in [3.8, 4) is 0 Å². The van der Waals surface area contributed by atoms with Gasteiger partial charge in [-0.1, -0.05) is 42.5 Å². The van der Waals surface area contributed by atoms with E-state index in [-0.39, 0.29) is 30.2 Å². The molecule has 0 bridgehead atoms. The molecule has 1 atom stereocenters. The van der Waals surface area contributed by atoms with Gasteiger partial charge in [-0.2, -0.15) is 0 Å². The average molecular weight is 354 g/mol. The fourth-order valence-corrected chi connectivity index (χ4v) is 3.28. The minimum absolute atomic E-state index is 0.0000216. The molecule has 1 fully saturated rings. The number of aryl methyl sites for hydroxylation is 1. The summed E-state index contributed by atoms with van der Waals surface area (Å²) < 4.78 is 12.9. The monoisotopic (exact) mass is 354 g/mol. The molecule has 0 unspecified atom stereocenters. The van der Waals surface area contributed by atoms with Crippen molar-refractivity contribution in [2.24, 2.45) is 0 Å². The summed E-state index contributed by atoms with van der Waals surface area (Å²) >= 11 is 0. The SMILES string of the molecule is O=C1CN(C(=O)CCCc2ccc(F)cc2)C[C@H](Cc2ccccc2)N1. The van der Waals surface area contributed by atoms with Gasteiger partial charge in [-0.25, -0.2) is 4.39 Å². The molecule has 1 aliphatic heterocycles. The topological polar surface area (TPSA) is 49.4 Å². The molecule has 2 amide bonds. The van der Waals surface area contributed by atoms with Crippen LogP contribution in [-0.4, -0.2) is 35.8 Å². The lowest BCUT2D eigenvalue weighted by Gasteiger charge is -2.33. The third-order valence-corrected chi connectivity index (χ3v) is 4.59. The molecule has 1 heterocycles. The molecule has 1 N–H and O–H groups in total. The molecule has 136 valence electrons. The van der Waals surface area contributed by atoms with Crippen molar-refractivity contribution >= 4 is 11.8 Å². The zero-order valence-corrected chi connectivity index (χ0v) is 14.7. The van der Waals surface area contributed by atoms with Crippen LogP contribution in [0, 0.1) is 5.82 Å². The van der Waals surface area contributed by atoms with Crippen LogP contribution in [0.3, 0.4) is 0 Å². The van der Waals surface area contributed by atoms with Crippen LogP contribution in [0.25, 0.3) is 0 Å². The van der Waals surface area contributed by atoms with Crippen LogP contribution >= 0.6 is 0 Å². The first kappa shape index (κ1) is 18.1. The second-order valence-electron chi connectivity index (χ2n) is 6.71. The number of nitrogens with one attached hydrogen (secondary N) is 1. The maximum Gasteiger partial charge on any atom is 0.239 e. The van der Waals surface area contributed by atoms with E-state index in [2.05, 4.69) is 5.32 Å². The fourth-order valence-electron chi connectivity index (χ4n) is 3.28. The van der Waals surface area contributed by atoms with Crippen molar-refractivity contribution in [2.75, 3.05) is 13.1 Å². The molecule has 1 saturated heterocycles. The quantitative estimate of drug-likeness (QED) is 0.867. The van der Waals surface area contributed by atoms with E-state index in [4.69, 9.17) is 0 Å². The normalized spacial score (nSPS) is 17.0. The van der Waals surface area contributed by atoms with Gasteiger partial charge in [0.2, 0.25) is 11.8 Å². The van der Waals surface area contributed by atoms with Crippen molar-refractivity contribution in [3.05, 3.63) is 71.5 Å². The molecule has 4 nitrogen and oxygen atoms in total. The van der Waals surface area contributed by atoms with Gasteiger partial charge in [0.05, 0.1) is 12.6 Å². The van der Waals surface area contributed by atoms with E-state index in [0.717, 1.165) is 17.5 Å². The highest BCUT2D eigenvalue weighted by Crippen LogP contribution is 2.12. The Morgan fingerprint density at radius 3 is 2.54 bits per heavy atom. The number of benzene rings is 2. The molecule has 0 aromatic heterocycles. The maximum atomic E-state index is 12.9. The second kappa shape index (κ2) is 8.61. The molecule has 2 aromatic carbocycles.